The van der Waals surface area contributed by atoms with Crippen LogP contribution in [0.2, 0.25) is 0 Å². The van der Waals surface area contributed by atoms with Crippen molar-refractivity contribution in [2.45, 2.75) is 90.7 Å². The van der Waals surface area contributed by atoms with Gasteiger partial charge >= 0.3 is 0 Å². The van der Waals surface area contributed by atoms with Crippen LogP contribution in [0.25, 0.3) is 0 Å². The van der Waals surface area contributed by atoms with E-state index < -0.39 is 5.60 Å². The summed E-state index contributed by atoms with van der Waals surface area (Å²) in [5, 5.41) is 11.2. The molecular formula is C17H33NO2. The number of carbonyl (C=O) groups excluding carboxylic acids is 1. The number of amides is 1. The lowest BCUT2D eigenvalue weighted by Crippen LogP contribution is -2.52. The van der Waals surface area contributed by atoms with Crippen molar-refractivity contribution in [3.63, 3.8) is 0 Å². The summed E-state index contributed by atoms with van der Waals surface area (Å²) >= 11 is 0. The fourth-order valence-electron chi connectivity index (χ4n) is 3.52. The van der Waals surface area contributed by atoms with Gasteiger partial charge in [0, 0.05) is 24.9 Å². The summed E-state index contributed by atoms with van der Waals surface area (Å²) in [7, 11) is 1.82. The summed E-state index contributed by atoms with van der Waals surface area (Å²) in [4.78, 5) is 14.3. The van der Waals surface area contributed by atoms with E-state index in [2.05, 4.69) is 20.8 Å². The average Bonchev–Trinajstić information content (AvgIpc) is 2.62. The van der Waals surface area contributed by atoms with Gasteiger partial charge in [-0.1, -0.05) is 52.9 Å². The van der Waals surface area contributed by atoms with Crippen molar-refractivity contribution >= 4 is 5.91 Å². The molecule has 1 rings (SSSR count). The maximum absolute atomic E-state index is 12.6. The number of hydrogen-bond donors (Lipinski definition) is 1. The van der Waals surface area contributed by atoms with Gasteiger partial charge in [-0.05, 0) is 19.8 Å². The second-order valence-corrected chi connectivity index (χ2v) is 6.95. The predicted molar refractivity (Wildman–Crippen MR) is 83.6 cm³/mol. The van der Waals surface area contributed by atoms with Crippen LogP contribution in [0.3, 0.4) is 0 Å². The van der Waals surface area contributed by atoms with E-state index >= 15 is 0 Å². The highest BCUT2D eigenvalue weighted by Crippen LogP contribution is 2.48. The number of aliphatic hydroxyl groups is 1. The minimum absolute atomic E-state index is 0.0694. The summed E-state index contributed by atoms with van der Waals surface area (Å²) in [5.74, 6) is -0.0694. The zero-order valence-corrected chi connectivity index (χ0v) is 14.0. The first-order valence-corrected chi connectivity index (χ1v) is 8.32. The molecule has 1 aliphatic rings. The average molecular weight is 283 g/mol. The molecule has 1 aliphatic heterocycles. The van der Waals surface area contributed by atoms with Crippen molar-refractivity contribution in [2.24, 2.45) is 5.41 Å². The maximum Gasteiger partial charge on any atom is 0.255 e. The van der Waals surface area contributed by atoms with Crippen LogP contribution in [-0.2, 0) is 4.79 Å². The zero-order valence-electron chi connectivity index (χ0n) is 14.0. The highest BCUT2D eigenvalue weighted by Gasteiger charge is 2.57. The topological polar surface area (TPSA) is 40.5 Å². The van der Waals surface area contributed by atoms with Crippen LogP contribution >= 0.6 is 0 Å². The fourth-order valence-corrected chi connectivity index (χ4v) is 3.52. The molecule has 0 saturated carbocycles. The summed E-state index contributed by atoms with van der Waals surface area (Å²) in [6.07, 6.45) is 8.11. The Balaban J connectivity index is 2.93. The van der Waals surface area contributed by atoms with Crippen molar-refractivity contribution in [3.05, 3.63) is 0 Å². The van der Waals surface area contributed by atoms with E-state index in [-0.39, 0.29) is 17.4 Å². The van der Waals surface area contributed by atoms with E-state index in [1.807, 2.05) is 14.0 Å². The summed E-state index contributed by atoms with van der Waals surface area (Å²) in [6, 6.07) is 0.139. The number of carbonyl (C=O) groups is 1. The minimum Gasteiger partial charge on any atom is -0.379 e. The Bertz CT molecular complexity index is 331. The van der Waals surface area contributed by atoms with Crippen molar-refractivity contribution in [1.29, 1.82) is 0 Å². The molecule has 0 aromatic rings. The molecule has 20 heavy (non-hydrogen) atoms. The molecule has 0 aromatic heterocycles. The maximum atomic E-state index is 12.6. The molecule has 0 aromatic carbocycles. The quantitative estimate of drug-likeness (QED) is 0.689. The number of likely N-dealkylation sites (N-methyl/N-ethyl adjacent to an activating group) is 1. The molecule has 3 atom stereocenters. The van der Waals surface area contributed by atoms with Gasteiger partial charge in [0.25, 0.3) is 5.91 Å². The van der Waals surface area contributed by atoms with E-state index in [1.54, 1.807) is 4.90 Å². The lowest BCUT2D eigenvalue weighted by molar-refractivity contribution is -0.157. The monoisotopic (exact) mass is 283 g/mol. The Morgan fingerprint density at radius 1 is 1.25 bits per heavy atom. The molecule has 1 heterocycles. The normalized spacial score (nSPS) is 29.8. The molecular weight excluding hydrogens is 250 g/mol. The Hall–Kier alpha value is -0.570. The molecule has 1 fully saturated rings. The van der Waals surface area contributed by atoms with Gasteiger partial charge in [-0.15, -0.1) is 0 Å². The van der Waals surface area contributed by atoms with E-state index in [0.717, 1.165) is 32.1 Å². The first-order chi connectivity index (χ1) is 9.32. The number of unbranched alkanes of at least 4 members (excludes halogenated alkanes) is 3. The minimum atomic E-state index is -1.16. The molecule has 1 amide bonds. The highest BCUT2D eigenvalue weighted by atomic mass is 16.3. The molecule has 0 spiro atoms. The summed E-state index contributed by atoms with van der Waals surface area (Å²) < 4.78 is 0. The molecule has 3 heteroatoms. The third kappa shape index (κ3) is 3.19. The first-order valence-electron chi connectivity index (χ1n) is 8.32. The van der Waals surface area contributed by atoms with Gasteiger partial charge in [0.15, 0.2) is 5.60 Å². The van der Waals surface area contributed by atoms with E-state index in [4.69, 9.17) is 0 Å². The number of hydrogen-bond acceptors (Lipinski definition) is 2. The molecule has 3 nitrogen and oxygen atoms in total. The van der Waals surface area contributed by atoms with Crippen molar-refractivity contribution < 1.29 is 9.90 Å². The van der Waals surface area contributed by atoms with Crippen LogP contribution in [0.4, 0.5) is 0 Å². The largest absolute Gasteiger partial charge is 0.379 e. The van der Waals surface area contributed by atoms with Crippen molar-refractivity contribution in [3.8, 4) is 0 Å². The SMILES string of the molecule is CCCCCC(C)(CCCC)C1(O)CC(C)N(C)C1=O. The Kier molecular flexibility index (Phi) is 6.06. The Morgan fingerprint density at radius 2 is 1.80 bits per heavy atom. The first kappa shape index (κ1) is 17.5. The van der Waals surface area contributed by atoms with Crippen LogP contribution in [0, 0.1) is 5.41 Å². The summed E-state index contributed by atoms with van der Waals surface area (Å²) in [5.41, 5.74) is -1.45. The van der Waals surface area contributed by atoms with E-state index in [1.165, 1.54) is 12.8 Å². The van der Waals surface area contributed by atoms with Gasteiger partial charge in [0.05, 0.1) is 0 Å². The van der Waals surface area contributed by atoms with Gasteiger partial charge in [0.1, 0.15) is 0 Å². The Morgan fingerprint density at radius 3 is 2.25 bits per heavy atom. The molecule has 3 unspecified atom stereocenters. The standard InChI is InChI=1S/C17H33NO2/c1-6-8-10-12-16(4,11-9-7-2)17(20)13-14(3)18(5)15(17)19/h14,20H,6-13H2,1-5H3. The molecule has 0 aliphatic carbocycles. The van der Waals surface area contributed by atoms with Crippen LogP contribution in [0.5, 0.6) is 0 Å². The van der Waals surface area contributed by atoms with Crippen LogP contribution in [0.1, 0.15) is 79.1 Å². The number of likely N-dealkylation sites (tertiary alicyclic amines) is 1. The lowest BCUT2D eigenvalue weighted by atomic mass is 9.66. The molecule has 1 N–H and O–H groups in total. The second kappa shape index (κ2) is 6.93. The lowest BCUT2D eigenvalue weighted by Gasteiger charge is -2.41. The van der Waals surface area contributed by atoms with E-state index in [9.17, 15) is 9.90 Å². The number of nitrogens with zero attached hydrogens (tertiary/aromatic N) is 1. The van der Waals surface area contributed by atoms with Crippen molar-refractivity contribution in [1.82, 2.24) is 4.90 Å². The Labute approximate surface area is 124 Å². The zero-order chi connectivity index (χ0) is 15.4. The summed E-state index contributed by atoms with van der Waals surface area (Å²) in [6.45, 7) is 8.51. The number of rotatable bonds is 8. The van der Waals surface area contributed by atoms with Crippen LogP contribution in [0.15, 0.2) is 0 Å². The third-order valence-electron chi connectivity index (χ3n) is 5.34. The molecule has 118 valence electrons. The molecule has 0 radical (unpaired) electrons. The van der Waals surface area contributed by atoms with Gasteiger partial charge in [0.2, 0.25) is 0 Å². The fraction of sp³-hybridized carbons (Fsp3) is 0.941. The molecule has 0 bridgehead atoms. The van der Waals surface area contributed by atoms with Gasteiger partial charge in [-0.2, -0.15) is 0 Å². The third-order valence-corrected chi connectivity index (χ3v) is 5.34. The van der Waals surface area contributed by atoms with E-state index in [0.29, 0.717) is 6.42 Å². The molecule has 1 saturated heterocycles. The second-order valence-electron chi connectivity index (χ2n) is 6.95. The van der Waals surface area contributed by atoms with Crippen LogP contribution in [-0.4, -0.2) is 34.6 Å². The van der Waals surface area contributed by atoms with Gasteiger partial charge in [-0.25, -0.2) is 0 Å². The van der Waals surface area contributed by atoms with Crippen molar-refractivity contribution in [2.75, 3.05) is 7.05 Å². The van der Waals surface area contributed by atoms with Gasteiger partial charge < -0.3 is 10.0 Å². The smallest absolute Gasteiger partial charge is 0.255 e. The van der Waals surface area contributed by atoms with Gasteiger partial charge in [-0.3, -0.25) is 4.79 Å². The predicted octanol–water partition coefficient (Wildman–Crippen LogP) is 3.74. The highest BCUT2D eigenvalue weighted by molar-refractivity contribution is 5.88. The van der Waals surface area contributed by atoms with Crippen LogP contribution < -0.4 is 0 Å².